The minimum atomic E-state index is 0.542. The van der Waals surface area contributed by atoms with Gasteiger partial charge in [-0.25, -0.2) is 0 Å². The highest BCUT2D eigenvalue weighted by atomic mass is 16.3. The van der Waals surface area contributed by atoms with Gasteiger partial charge < -0.3 is 0 Å². The minimum Gasteiger partial charge on any atom is -0.145 e. The molecule has 0 radical (unpaired) electrons. The van der Waals surface area contributed by atoms with E-state index in [1.165, 1.54) is 0 Å². The van der Waals surface area contributed by atoms with Crippen molar-refractivity contribution < 1.29 is 0 Å². The molecule has 0 fully saturated rings. The van der Waals surface area contributed by atoms with Crippen molar-refractivity contribution in [2.75, 3.05) is 0 Å². The van der Waals surface area contributed by atoms with Crippen molar-refractivity contribution in [1.29, 1.82) is 0 Å². The van der Waals surface area contributed by atoms with Crippen LogP contribution in [0.2, 0.25) is 0 Å². The van der Waals surface area contributed by atoms with Gasteiger partial charge in [0.15, 0.2) is 0 Å². The summed E-state index contributed by atoms with van der Waals surface area (Å²) < 4.78 is 0. The third-order valence-corrected chi connectivity index (χ3v) is 1.67. The number of hydrogen-bond donors (Lipinski definition) is 0. The zero-order chi connectivity index (χ0) is 9.56. The van der Waals surface area contributed by atoms with Crippen LogP contribution in [-0.4, -0.2) is 0 Å². The van der Waals surface area contributed by atoms with E-state index >= 15 is 0 Å². The molecule has 0 N–H and O–H groups in total. The Bertz CT molecular complexity index is 256. The molecule has 0 amide bonds. The second kappa shape index (κ2) is 5.47. The molecular formula is C10H15NO. The summed E-state index contributed by atoms with van der Waals surface area (Å²) in [6, 6.07) is 5.51. The van der Waals surface area contributed by atoms with Crippen molar-refractivity contribution in [3.8, 4) is 0 Å². The fourth-order valence-corrected chi connectivity index (χ4v) is 0.835. The first-order valence-electron chi connectivity index (χ1n) is 4.15. The highest BCUT2D eigenvalue weighted by molar-refractivity contribution is 5.48. The summed E-state index contributed by atoms with van der Waals surface area (Å²) in [6.45, 7) is 7.86. The van der Waals surface area contributed by atoms with Crippen molar-refractivity contribution in [2.24, 2.45) is 5.18 Å². The number of nitrogens with zero attached hydrogens (tertiary/aromatic N) is 1. The molecule has 0 aliphatic carbocycles. The summed E-state index contributed by atoms with van der Waals surface area (Å²) in [5.74, 6) is 0. The molecular weight excluding hydrogens is 150 g/mol. The van der Waals surface area contributed by atoms with E-state index in [1.54, 1.807) is 6.07 Å². The summed E-state index contributed by atoms with van der Waals surface area (Å²) in [7, 11) is 0. The van der Waals surface area contributed by atoms with Crippen LogP contribution in [0.1, 0.15) is 25.0 Å². The average molecular weight is 165 g/mol. The van der Waals surface area contributed by atoms with Crippen LogP contribution in [0.25, 0.3) is 0 Å². The Kier molecular flexibility index (Phi) is 4.93. The molecule has 1 aromatic carbocycles. The molecule has 0 spiro atoms. The first-order chi connectivity index (χ1) is 5.75. The number of rotatable bonds is 1. The molecule has 1 aromatic rings. The van der Waals surface area contributed by atoms with Gasteiger partial charge in [-0.05, 0) is 36.2 Å². The molecule has 0 saturated heterocycles. The van der Waals surface area contributed by atoms with E-state index in [9.17, 15) is 4.91 Å². The Labute approximate surface area is 73.6 Å². The van der Waals surface area contributed by atoms with Gasteiger partial charge in [-0.2, -0.15) is 0 Å². The molecule has 0 atom stereocenters. The molecule has 0 unspecified atom stereocenters. The van der Waals surface area contributed by atoms with Crippen LogP contribution in [0.4, 0.5) is 5.69 Å². The maximum Gasteiger partial charge on any atom is 0.111 e. The Morgan fingerprint density at radius 1 is 1.17 bits per heavy atom. The number of aryl methyl sites for hydroxylation is 1. The largest absolute Gasteiger partial charge is 0.145 e. The molecule has 0 heterocycles. The first-order valence-corrected chi connectivity index (χ1v) is 4.15. The zero-order valence-corrected chi connectivity index (χ0v) is 8.09. The third-order valence-electron chi connectivity index (χ3n) is 1.67. The lowest BCUT2D eigenvalue weighted by Crippen LogP contribution is -1.78. The topological polar surface area (TPSA) is 29.4 Å². The van der Waals surface area contributed by atoms with E-state index < -0.39 is 0 Å². The maximum absolute atomic E-state index is 10.1. The van der Waals surface area contributed by atoms with Gasteiger partial charge >= 0.3 is 0 Å². The molecule has 0 saturated carbocycles. The van der Waals surface area contributed by atoms with Crippen LogP contribution >= 0.6 is 0 Å². The van der Waals surface area contributed by atoms with Crippen molar-refractivity contribution in [3.63, 3.8) is 0 Å². The van der Waals surface area contributed by atoms with Crippen LogP contribution in [0.3, 0.4) is 0 Å². The number of benzene rings is 1. The third kappa shape index (κ3) is 2.46. The van der Waals surface area contributed by atoms with Crippen LogP contribution in [0.15, 0.2) is 23.4 Å². The summed E-state index contributed by atoms with van der Waals surface area (Å²) in [5, 5.41) is 2.88. The first kappa shape index (κ1) is 10.8. The molecule has 0 aliphatic rings. The molecule has 0 bridgehead atoms. The van der Waals surface area contributed by atoms with Gasteiger partial charge in [-0.15, -0.1) is 4.91 Å². The maximum atomic E-state index is 10.1. The van der Waals surface area contributed by atoms with Crippen molar-refractivity contribution in [3.05, 3.63) is 34.2 Å². The molecule has 2 heteroatoms. The predicted molar refractivity (Wildman–Crippen MR) is 52.7 cm³/mol. The molecule has 0 aliphatic heterocycles. The van der Waals surface area contributed by atoms with E-state index in [0.29, 0.717) is 5.69 Å². The van der Waals surface area contributed by atoms with E-state index in [0.717, 1.165) is 11.1 Å². The van der Waals surface area contributed by atoms with Crippen LogP contribution in [0.5, 0.6) is 0 Å². The van der Waals surface area contributed by atoms with Gasteiger partial charge in [0.05, 0.1) is 0 Å². The van der Waals surface area contributed by atoms with Crippen molar-refractivity contribution in [2.45, 2.75) is 27.7 Å². The monoisotopic (exact) mass is 165 g/mol. The second-order valence-corrected chi connectivity index (χ2v) is 2.31. The standard InChI is InChI=1S/C8H9NO.C2H6/c1-6-4-3-5-8(9-10)7(6)2;1-2/h3-5H,1-2H3;1-2H3. The molecule has 0 aromatic heterocycles. The summed E-state index contributed by atoms with van der Waals surface area (Å²) in [6.07, 6.45) is 0. The SMILES string of the molecule is CC.Cc1cccc(N=O)c1C. The van der Waals surface area contributed by atoms with Gasteiger partial charge in [-0.1, -0.05) is 26.0 Å². The van der Waals surface area contributed by atoms with Gasteiger partial charge in [-0.3, -0.25) is 0 Å². The normalized spacial score (nSPS) is 8.33. The van der Waals surface area contributed by atoms with Crippen LogP contribution in [0, 0.1) is 18.8 Å². The smallest absolute Gasteiger partial charge is 0.111 e. The molecule has 1 rings (SSSR count). The van der Waals surface area contributed by atoms with Gasteiger partial charge in [0.1, 0.15) is 5.69 Å². The van der Waals surface area contributed by atoms with Crippen molar-refractivity contribution >= 4 is 5.69 Å². The lowest BCUT2D eigenvalue weighted by Gasteiger charge is -1.98. The van der Waals surface area contributed by atoms with Crippen LogP contribution in [-0.2, 0) is 0 Å². The van der Waals surface area contributed by atoms with Gasteiger partial charge in [0.2, 0.25) is 0 Å². The Balaban J connectivity index is 0.000000561. The molecule has 2 nitrogen and oxygen atoms in total. The van der Waals surface area contributed by atoms with E-state index in [4.69, 9.17) is 0 Å². The number of hydrogen-bond acceptors (Lipinski definition) is 2. The van der Waals surface area contributed by atoms with Crippen LogP contribution < -0.4 is 0 Å². The average Bonchev–Trinajstić information content (AvgIpc) is 2.13. The zero-order valence-electron chi connectivity index (χ0n) is 8.09. The fraction of sp³-hybridized carbons (Fsp3) is 0.400. The molecule has 66 valence electrons. The second-order valence-electron chi connectivity index (χ2n) is 2.31. The number of nitroso groups, excluding NO2 is 1. The summed E-state index contributed by atoms with van der Waals surface area (Å²) in [4.78, 5) is 10.1. The summed E-state index contributed by atoms with van der Waals surface area (Å²) >= 11 is 0. The fourth-order valence-electron chi connectivity index (χ4n) is 0.835. The van der Waals surface area contributed by atoms with E-state index in [2.05, 4.69) is 5.18 Å². The van der Waals surface area contributed by atoms with E-state index in [1.807, 2.05) is 39.8 Å². The minimum absolute atomic E-state index is 0.542. The Morgan fingerprint density at radius 2 is 1.75 bits per heavy atom. The highest BCUT2D eigenvalue weighted by Crippen LogP contribution is 2.19. The van der Waals surface area contributed by atoms with E-state index in [-0.39, 0.29) is 0 Å². The summed E-state index contributed by atoms with van der Waals surface area (Å²) in [5.41, 5.74) is 2.62. The van der Waals surface area contributed by atoms with Gasteiger partial charge in [0.25, 0.3) is 0 Å². The van der Waals surface area contributed by atoms with Crippen molar-refractivity contribution in [1.82, 2.24) is 0 Å². The van der Waals surface area contributed by atoms with Gasteiger partial charge in [0, 0.05) is 0 Å². The predicted octanol–water partition coefficient (Wildman–Crippen LogP) is 3.73. The lowest BCUT2D eigenvalue weighted by atomic mass is 10.1. The molecule has 12 heavy (non-hydrogen) atoms. The lowest BCUT2D eigenvalue weighted by molar-refractivity contribution is 1.30. The quantitative estimate of drug-likeness (QED) is 0.583. The highest BCUT2D eigenvalue weighted by Gasteiger charge is 1.97. The Morgan fingerprint density at radius 3 is 2.17 bits per heavy atom. The Hall–Kier alpha value is -1.18.